The van der Waals surface area contributed by atoms with Crippen molar-refractivity contribution in [3.05, 3.63) is 53.0 Å². The Hall–Kier alpha value is -1.90. The number of hydrogen-bond donors (Lipinski definition) is 3. The molecular formula is C14H14BrN3O3S. The third kappa shape index (κ3) is 4.55. The zero-order valence-corrected chi connectivity index (χ0v) is 14.0. The third-order valence-electron chi connectivity index (χ3n) is 2.64. The number of carbonyl (C=O) groups is 1. The molecule has 2 aromatic rings. The summed E-state index contributed by atoms with van der Waals surface area (Å²) in [4.78, 5) is 13.3. The molecule has 0 aromatic heterocycles. The fourth-order valence-corrected chi connectivity index (χ4v) is 2.94. The Labute approximate surface area is 137 Å². The monoisotopic (exact) mass is 383 g/mol. The molecule has 8 heteroatoms. The molecule has 0 aliphatic rings. The van der Waals surface area contributed by atoms with Gasteiger partial charge in [-0.25, -0.2) is 8.42 Å². The zero-order chi connectivity index (χ0) is 16.2. The van der Waals surface area contributed by atoms with Gasteiger partial charge in [-0.1, -0.05) is 22.0 Å². The van der Waals surface area contributed by atoms with E-state index in [4.69, 9.17) is 0 Å². The van der Waals surface area contributed by atoms with Crippen LogP contribution in [0.15, 0.2) is 57.9 Å². The van der Waals surface area contributed by atoms with E-state index in [1.807, 2.05) is 6.07 Å². The molecule has 22 heavy (non-hydrogen) atoms. The Morgan fingerprint density at radius 3 is 2.32 bits per heavy atom. The van der Waals surface area contributed by atoms with Gasteiger partial charge in [0.05, 0.1) is 10.6 Å². The van der Waals surface area contributed by atoms with Crippen LogP contribution in [0.25, 0.3) is 0 Å². The number of hydrogen-bond acceptors (Lipinski definition) is 4. The molecule has 1 amide bonds. The van der Waals surface area contributed by atoms with Crippen LogP contribution in [0.3, 0.4) is 0 Å². The Balaban J connectivity index is 2.08. The first kappa shape index (κ1) is 16.5. The minimum Gasteiger partial charge on any atom is -0.326 e. The summed E-state index contributed by atoms with van der Waals surface area (Å²) in [5.74, 6) is -0.218. The Morgan fingerprint density at radius 2 is 1.73 bits per heavy atom. The van der Waals surface area contributed by atoms with Crippen LogP contribution in [-0.2, 0) is 14.8 Å². The second kappa shape index (κ2) is 6.91. The number of rotatable bonds is 5. The van der Waals surface area contributed by atoms with Crippen LogP contribution in [-0.4, -0.2) is 14.3 Å². The van der Waals surface area contributed by atoms with Crippen molar-refractivity contribution < 1.29 is 13.2 Å². The van der Waals surface area contributed by atoms with E-state index in [-0.39, 0.29) is 10.8 Å². The maximum atomic E-state index is 12.2. The van der Waals surface area contributed by atoms with Crippen LogP contribution in [0.5, 0.6) is 0 Å². The van der Waals surface area contributed by atoms with Gasteiger partial charge in [0, 0.05) is 17.1 Å². The predicted octanol–water partition coefficient (Wildman–Crippen LogP) is 2.71. The molecule has 0 atom stereocenters. The van der Waals surface area contributed by atoms with E-state index in [0.717, 1.165) is 4.47 Å². The summed E-state index contributed by atoms with van der Waals surface area (Å²) < 4.78 is 25.1. The molecule has 0 radical (unpaired) electrons. The minimum atomic E-state index is -3.71. The van der Waals surface area contributed by atoms with Gasteiger partial charge in [0.25, 0.3) is 10.0 Å². The van der Waals surface area contributed by atoms with Crippen LogP contribution in [0.4, 0.5) is 11.4 Å². The van der Waals surface area contributed by atoms with Gasteiger partial charge in [-0.3, -0.25) is 4.79 Å². The molecule has 2 aromatic carbocycles. The molecule has 0 spiro atoms. The number of carbonyl (C=O) groups excluding carboxylic acids is 1. The number of benzene rings is 2. The highest BCUT2D eigenvalue weighted by molar-refractivity contribution is 9.10. The van der Waals surface area contributed by atoms with Crippen molar-refractivity contribution in [3.8, 4) is 0 Å². The normalized spacial score (nSPS) is 11.0. The molecule has 0 aliphatic carbocycles. The van der Waals surface area contributed by atoms with E-state index in [1.165, 1.54) is 31.2 Å². The molecule has 0 heterocycles. The topological polar surface area (TPSA) is 87.3 Å². The Morgan fingerprint density at radius 1 is 1.05 bits per heavy atom. The average molecular weight is 384 g/mol. The predicted molar refractivity (Wildman–Crippen MR) is 88.8 cm³/mol. The van der Waals surface area contributed by atoms with Crippen molar-refractivity contribution in [2.75, 3.05) is 10.7 Å². The van der Waals surface area contributed by atoms with E-state index in [1.54, 1.807) is 18.2 Å². The number of nitrogens with one attached hydrogen (secondary N) is 3. The number of amides is 1. The highest BCUT2D eigenvalue weighted by atomic mass is 79.9. The largest absolute Gasteiger partial charge is 0.326 e. The van der Waals surface area contributed by atoms with Crippen molar-refractivity contribution in [3.63, 3.8) is 0 Å². The number of hydrazine groups is 1. The first-order valence-corrected chi connectivity index (χ1v) is 8.55. The van der Waals surface area contributed by atoms with Crippen LogP contribution in [0.1, 0.15) is 6.92 Å². The maximum Gasteiger partial charge on any atom is 0.257 e. The van der Waals surface area contributed by atoms with E-state index >= 15 is 0 Å². The summed E-state index contributed by atoms with van der Waals surface area (Å²) in [6, 6.07) is 13.0. The maximum absolute atomic E-state index is 12.2. The molecule has 0 unspecified atom stereocenters. The summed E-state index contributed by atoms with van der Waals surface area (Å²) in [6.45, 7) is 1.38. The molecule has 2 rings (SSSR count). The SMILES string of the molecule is CC(=O)Nc1ccc(S(=O)(=O)NNc2cccc(Br)c2)cc1. The van der Waals surface area contributed by atoms with E-state index in [9.17, 15) is 13.2 Å². The summed E-state index contributed by atoms with van der Waals surface area (Å²) in [5.41, 5.74) is 3.77. The second-order valence-electron chi connectivity index (χ2n) is 4.45. The average Bonchev–Trinajstić information content (AvgIpc) is 2.45. The van der Waals surface area contributed by atoms with Gasteiger partial charge in [-0.05, 0) is 42.5 Å². The molecule has 6 nitrogen and oxygen atoms in total. The molecule has 0 saturated heterocycles. The minimum absolute atomic E-state index is 0.0871. The van der Waals surface area contributed by atoms with Crippen molar-refractivity contribution in [1.29, 1.82) is 0 Å². The molecule has 116 valence electrons. The fraction of sp³-hybridized carbons (Fsp3) is 0.0714. The summed E-state index contributed by atoms with van der Waals surface area (Å²) in [7, 11) is -3.71. The lowest BCUT2D eigenvalue weighted by atomic mass is 10.3. The second-order valence-corrected chi connectivity index (χ2v) is 7.04. The highest BCUT2D eigenvalue weighted by Crippen LogP contribution is 2.17. The molecule has 0 aliphatic heterocycles. The van der Waals surface area contributed by atoms with Gasteiger partial charge in [0.15, 0.2) is 0 Å². The zero-order valence-electron chi connectivity index (χ0n) is 11.6. The number of halogens is 1. The lowest BCUT2D eigenvalue weighted by Gasteiger charge is -2.10. The van der Waals surface area contributed by atoms with Crippen LogP contribution >= 0.6 is 15.9 Å². The van der Waals surface area contributed by atoms with Crippen molar-refractivity contribution in [1.82, 2.24) is 4.83 Å². The summed E-state index contributed by atoms with van der Waals surface area (Å²) in [6.07, 6.45) is 0. The number of sulfonamides is 1. The summed E-state index contributed by atoms with van der Waals surface area (Å²) >= 11 is 3.30. The van der Waals surface area contributed by atoms with Crippen LogP contribution in [0.2, 0.25) is 0 Å². The third-order valence-corrected chi connectivity index (χ3v) is 4.40. The van der Waals surface area contributed by atoms with Gasteiger partial charge in [-0.2, -0.15) is 0 Å². The molecule has 0 saturated carbocycles. The number of anilines is 2. The van der Waals surface area contributed by atoms with E-state index in [2.05, 4.69) is 31.5 Å². The Kier molecular flexibility index (Phi) is 5.17. The Bertz CT molecular complexity index is 776. The molecule has 0 bridgehead atoms. The summed E-state index contributed by atoms with van der Waals surface area (Å²) in [5, 5.41) is 2.57. The van der Waals surface area contributed by atoms with Crippen molar-refractivity contribution in [2.45, 2.75) is 11.8 Å². The first-order chi connectivity index (χ1) is 10.4. The highest BCUT2D eigenvalue weighted by Gasteiger charge is 2.13. The standard InChI is InChI=1S/C14H14BrN3O3S/c1-10(19)16-12-5-7-14(8-6-12)22(20,21)18-17-13-4-2-3-11(15)9-13/h2-9,17-18H,1H3,(H,16,19). The van der Waals surface area contributed by atoms with Gasteiger partial charge in [0.1, 0.15) is 0 Å². The first-order valence-electron chi connectivity index (χ1n) is 6.28. The fourth-order valence-electron chi connectivity index (χ4n) is 1.67. The molecule has 0 fully saturated rings. The lowest BCUT2D eigenvalue weighted by molar-refractivity contribution is -0.114. The van der Waals surface area contributed by atoms with E-state index < -0.39 is 10.0 Å². The van der Waals surface area contributed by atoms with Crippen LogP contribution < -0.4 is 15.6 Å². The van der Waals surface area contributed by atoms with Gasteiger partial charge < -0.3 is 10.7 Å². The van der Waals surface area contributed by atoms with Crippen molar-refractivity contribution >= 4 is 43.2 Å². The smallest absolute Gasteiger partial charge is 0.257 e. The molecule has 3 N–H and O–H groups in total. The lowest BCUT2D eigenvalue weighted by Crippen LogP contribution is -2.29. The van der Waals surface area contributed by atoms with E-state index in [0.29, 0.717) is 11.4 Å². The van der Waals surface area contributed by atoms with Gasteiger partial charge >= 0.3 is 0 Å². The van der Waals surface area contributed by atoms with Gasteiger partial charge in [-0.15, -0.1) is 4.83 Å². The quantitative estimate of drug-likeness (QED) is 0.692. The van der Waals surface area contributed by atoms with Crippen LogP contribution in [0, 0.1) is 0 Å². The molecular weight excluding hydrogens is 370 g/mol. The van der Waals surface area contributed by atoms with Crippen molar-refractivity contribution in [2.24, 2.45) is 0 Å². The van der Waals surface area contributed by atoms with Gasteiger partial charge in [0.2, 0.25) is 5.91 Å².